The molecular weight excluding hydrogens is 668 g/mol. The molecule has 0 unspecified atom stereocenters. The molecule has 3 aromatic carbocycles. The Kier molecular flexibility index (Phi) is 12.9. The number of benzene rings is 3. The van der Waals surface area contributed by atoms with Crippen molar-refractivity contribution in [1.82, 2.24) is 20.9 Å². The van der Waals surface area contributed by atoms with Crippen molar-refractivity contribution in [2.45, 2.75) is 96.7 Å². The third-order valence-corrected chi connectivity index (χ3v) is 10.9. The predicted molar refractivity (Wildman–Crippen MR) is 206 cm³/mol. The lowest BCUT2D eigenvalue weighted by Crippen LogP contribution is -2.57. The third kappa shape index (κ3) is 10.8. The Morgan fingerprint density at radius 3 is 1.81 bits per heavy atom. The average molecular weight is 725 g/mol. The Morgan fingerprint density at radius 1 is 0.736 bits per heavy atom. The standard InChI is InChI=1S/C43H56N4O6/c1-6-52-34-19-17-32(18-20-34)27-35(46-37(48)33-15-11-8-12-16-33)39(50)47(5)36(28-31-13-9-7-10-14-31)38(49)44-29-42-21-24-43(25-22-42,26-23-42)30-45-40(51)53-41(2,3)4/h7-20,35-36H,6,21-30H2,1-5H3,(H,44,49)(H,45,51)(H,46,48)/t35-,36+,42?,43?/m1/s1. The van der Waals surface area contributed by atoms with Gasteiger partial charge in [-0.2, -0.15) is 0 Å². The Labute approximate surface area is 314 Å². The van der Waals surface area contributed by atoms with E-state index in [0.29, 0.717) is 31.7 Å². The van der Waals surface area contributed by atoms with Gasteiger partial charge in [0.15, 0.2) is 0 Å². The summed E-state index contributed by atoms with van der Waals surface area (Å²) in [5.74, 6) is -0.210. The van der Waals surface area contributed by atoms with Crippen LogP contribution in [0.2, 0.25) is 0 Å². The summed E-state index contributed by atoms with van der Waals surface area (Å²) >= 11 is 0. The molecule has 3 aliphatic carbocycles. The minimum atomic E-state index is -0.922. The van der Waals surface area contributed by atoms with Crippen LogP contribution in [0.1, 0.15) is 87.7 Å². The molecule has 0 saturated heterocycles. The molecule has 2 atom stereocenters. The van der Waals surface area contributed by atoms with Gasteiger partial charge >= 0.3 is 6.09 Å². The summed E-state index contributed by atoms with van der Waals surface area (Å²) < 4.78 is 11.1. The minimum absolute atomic E-state index is 0.0247. The first-order valence-corrected chi connectivity index (χ1v) is 18.9. The van der Waals surface area contributed by atoms with E-state index in [2.05, 4.69) is 16.0 Å². The SMILES string of the molecule is CCOc1ccc(C[C@@H](NC(=O)c2ccccc2)C(=O)N(C)[C@@H](Cc2ccccc2)C(=O)NCC23CCC(CNC(=O)OC(C)(C)C)(CC2)CC3)cc1. The molecule has 2 bridgehead atoms. The summed E-state index contributed by atoms with van der Waals surface area (Å²) in [4.78, 5) is 55.9. The van der Waals surface area contributed by atoms with E-state index in [0.717, 1.165) is 55.4 Å². The number of nitrogens with zero attached hydrogens (tertiary/aromatic N) is 1. The van der Waals surface area contributed by atoms with E-state index in [1.807, 2.05) is 88.4 Å². The molecule has 3 aliphatic rings. The lowest BCUT2D eigenvalue weighted by atomic mass is 9.53. The molecule has 0 heterocycles. The van der Waals surface area contributed by atoms with Crippen molar-refractivity contribution >= 4 is 23.8 Å². The Hall–Kier alpha value is -4.86. The van der Waals surface area contributed by atoms with Gasteiger partial charge in [0.05, 0.1) is 6.61 Å². The summed E-state index contributed by atoms with van der Waals surface area (Å²) in [6, 6.07) is 24.3. The number of carbonyl (C=O) groups excluding carboxylic acids is 4. The molecule has 3 saturated carbocycles. The van der Waals surface area contributed by atoms with Gasteiger partial charge in [0.1, 0.15) is 23.4 Å². The van der Waals surface area contributed by atoms with Crippen LogP contribution in [0.5, 0.6) is 5.75 Å². The van der Waals surface area contributed by atoms with Gasteiger partial charge in [0.25, 0.3) is 5.91 Å². The Bertz CT molecular complexity index is 1660. The maximum atomic E-state index is 14.4. The largest absolute Gasteiger partial charge is 0.494 e. The molecule has 10 nitrogen and oxygen atoms in total. The molecule has 53 heavy (non-hydrogen) atoms. The van der Waals surface area contributed by atoms with E-state index in [1.165, 1.54) is 4.90 Å². The topological polar surface area (TPSA) is 126 Å². The lowest BCUT2D eigenvalue weighted by Gasteiger charge is -2.53. The first kappa shape index (κ1) is 39.3. The van der Waals surface area contributed by atoms with Crippen LogP contribution >= 0.6 is 0 Å². The number of nitrogens with one attached hydrogen (secondary N) is 3. The first-order chi connectivity index (χ1) is 25.3. The summed E-state index contributed by atoms with van der Waals surface area (Å²) in [6.07, 6.45) is 5.96. The summed E-state index contributed by atoms with van der Waals surface area (Å²) in [5.41, 5.74) is 1.71. The zero-order valence-electron chi connectivity index (χ0n) is 31.9. The lowest BCUT2D eigenvalue weighted by molar-refractivity contribution is -0.140. The number of likely N-dealkylation sites (N-methyl/N-ethyl adjacent to an activating group) is 1. The van der Waals surface area contributed by atoms with Gasteiger partial charge < -0.3 is 30.3 Å². The number of fused-ring (bicyclic) bond motifs is 3. The van der Waals surface area contributed by atoms with E-state index in [1.54, 1.807) is 31.3 Å². The number of alkyl carbamates (subject to hydrolysis) is 1. The molecule has 3 fully saturated rings. The second-order valence-electron chi connectivity index (χ2n) is 15.9. The quantitative estimate of drug-likeness (QED) is 0.165. The van der Waals surface area contributed by atoms with Crippen molar-refractivity contribution in [2.75, 3.05) is 26.7 Å². The predicted octanol–water partition coefficient (Wildman–Crippen LogP) is 6.48. The minimum Gasteiger partial charge on any atom is -0.494 e. The van der Waals surface area contributed by atoms with E-state index in [9.17, 15) is 19.2 Å². The van der Waals surface area contributed by atoms with Crippen molar-refractivity contribution in [3.63, 3.8) is 0 Å². The van der Waals surface area contributed by atoms with E-state index >= 15 is 0 Å². The first-order valence-electron chi connectivity index (χ1n) is 18.9. The van der Waals surface area contributed by atoms with Gasteiger partial charge in [-0.15, -0.1) is 0 Å². The van der Waals surface area contributed by atoms with Crippen LogP contribution in [0.25, 0.3) is 0 Å². The molecular formula is C43H56N4O6. The second-order valence-corrected chi connectivity index (χ2v) is 15.9. The maximum absolute atomic E-state index is 14.4. The van der Waals surface area contributed by atoms with Gasteiger partial charge in [-0.1, -0.05) is 60.7 Å². The smallest absolute Gasteiger partial charge is 0.407 e. The normalized spacial score (nSPS) is 20.4. The molecule has 10 heteroatoms. The van der Waals surface area contributed by atoms with Gasteiger partial charge in [-0.25, -0.2) is 4.79 Å². The Balaban J connectivity index is 1.29. The summed E-state index contributed by atoms with van der Waals surface area (Å²) in [6.45, 7) is 9.15. The van der Waals surface area contributed by atoms with E-state index < -0.39 is 17.7 Å². The summed E-state index contributed by atoms with van der Waals surface area (Å²) in [5, 5.41) is 9.23. The number of carbonyl (C=O) groups is 4. The maximum Gasteiger partial charge on any atom is 0.407 e. The fourth-order valence-electron chi connectivity index (χ4n) is 7.64. The molecule has 0 aliphatic heterocycles. The highest BCUT2D eigenvalue weighted by Gasteiger charge is 2.49. The number of rotatable bonds is 15. The number of ether oxygens (including phenoxy) is 2. The zero-order chi connectivity index (χ0) is 38.1. The summed E-state index contributed by atoms with van der Waals surface area (Å²) in [7, 11) is 1.65. The fourth-order valence-corrected chi connectivity index (χ4v) is 7.64. The highest BCUT2D eigenvalue weighted by molar-refractivity contribution is 5.98. The highest BCUT2D eigenvalue weighted by atomic mass is 16.6. The van der Waals surface area contributed by atoms with E-state index in [4.69, 9.17) is 9.47 Å². The fraction of sp³-hybridized carbons (Fsp3) is 0.488. The van der Waals surface area contributed by atoms with Crippen LogP contribution in [-0.4, -0.2) is 73.1 Å². The molecule has 0 radical (unpaired) electrons. The van der Waals surface area contributed by atoms with Crippen LogP contribution in [-0.2, 0) is 27.2 Å². The molecule has 284 valence electrons. The number of amides is 4. The van der Waals surface area contributed by atoms with Crippen LogP contribution < -0.4 is 20.7 Å². The second kappa shape index (κ2) is 17.3. The van der Waals surface area contributed by atoms with Crippen LogP contribution in [0.4, 0.5) is 4.79 Å². The number of hydrogen-bond acceptors (Lipinski definition) is 6. The molecule has 0 spiro atoms. The van der Waals surface area contributed by atoms with Crippen molar-refractivity contribution in [3.8, 4) is 5.75 Å². The van der Waals surface area contributed by atoms with Crippen LogP contribution in [0.15, 0.2) is 84.9 Å². The molecule has 3 aromatic rings. The molecule has 0 aromatic heterocycles. The van der Waals surface area contributed by atoms with Crippen molar-refractivity contribution in [1.29, 1.82) is 0 Å². The van der Waals surface area contributed by atoms with E-state index in [-0.39, 0.29) is 41.1 Å². The average Bonchev–Trinajstić information content (AvgIpc) is 3.16. The van der Waals surface area contributed by atoms with Crippen molar-refractivity contribution in [2.24, 2.45) is 10.8 Å². The molecule has 4 amide bonds. The zero-order valence-corrected chi connectivity index (χ0v) is 31.9. The van der Waals surface area contributed by atoms with Crippen molar-refractivity contribution in [3.05, 3.63) is 102 Å². The number of hydrogen-bond donors (Lipinski definition) is 3. The molecule has 6 rings (SSSR count). The van der Waals surface area contributed by atoms with Gasteiger partial charge in [-0.3, -0.25) is 14.4 Å². The third-order valence-electron chi connectivity index (χ3n) is 10.9. The Morgan fingerprint density at radius 2 is 1.26 bits per heavy atom. The van der Waals surface area contributed by atoms with Crippen molar-refractivity contribution < 1.29 is 28.7 Å². The van der Waals surface area contributed by atoms with Crippen LogP contribution in [0, 0.1) is 10.8 Å². The molecule has 3 N–H and O–H groups in total. The van der Waals surface area contributed by atoms with Gasteiger partial charge in [0, 0.05) is 38.5 Å². The van der Waals surface area contributed by atoms with Crippen LogP contribution in [0.3, 0.4) is 0 Å². The van der Waals surface area contributed by atoms with Gasteiger partial charge in [-0.05, 0) is 112 Å². The monoisotopic (exact) mass is 724 g/mol. The van der Waals surface area contributed by atoms with Gasteiger partial charge in [0.2, 0.25) is 11.8 Å². The highest BCUT2D eigenvalue weighted by Crippen LogP contribution is 2.56.